The quantitative estimate of drug-likeness (QED) is 0.630. The monoisotopic (exact) mass is 294 g/mol. The molecule has 0 radical (unpaired) electrons. The minimum atomic E-state index is 0.266. The van der Waals surface area contributed by atoms with Crippen molar-refractivity contribution < 1.29 is 14.2 Å². The predicted molar refractivity (Wildman–Crippen MR) is 58.2 cm³/mol. The molecule has 0 saturated heterocycles. The Morgan fingerprint density at radius 1 is 1.31 bits per heavy atom. The summed E-state index contributed by atoms with van der Waals surface area (Å²) in [5.74, 6) is 1.64. The van der Waals surface area contributed by atoms with Crippen LogP contribution in [0.1, 0.15) is 0 Å². The molecule has 72 valence electrons. The molecule has 0 saturated carbocycles. The molecule has 1 aromatic rings. The van der Waals surface area contributed by atoms with Gasteiger partial charge in [-0.05, 0) is 40.8 Å². The fourth-order valence-electron chi connectivity index (χ4n) is 0.848. The Kier molecular flexibility index (Phi) is 4.31. The van der Waals surface area contributed by atoms with Gasteiger partial charge in [-0.15, -0.1) is 0 Å². The molecule has 13 heavy (non-hydrogen) atoms. The van der Waals surface area contributed by atoms with E-state index in [4.69, 9.17) is 14.2 Å². The minimum Gasteiger partial charge on any atom is -0.497 e. The van der Waals surface area contributed by atoms with Crippen LogP contribution >= 0.6 is 22.6 Å². The van der Waals surface area contributed by atoms with E-state index in [-0.39, 0.29) is 6.79 Å². The van der Waals surface area contributed by atoms with Gasteiger partial charge in [-0.2, -0.15) is 0 Å². The third kappa shape index (κ3) is 3.04. The Hall–Kier alpha value is -0.490. The Balaban J connectivity index is 2.73. The molecule has 0 amide bonds. The van der Waals surface area contributed by atoms with Crippen molar-refractivity contribution in [3.63, 3.8) is 0 Å². The summed E-state index contributed by atoms with van der Waals surface area (Å²) in [6.07, 6.45) is 0. The highest BCUT2D eigenvalue weighted by Gasteiger charge is 2.01. The van der Waals surface area contributed by atoms with Crippen LogP contribution in [0.15, 0.2) is 18.2 Å². The van der Waals surface area contributed by atoms with Crippen LogP contribution in [0.5, 0.6) is 11.5 Å². The van der Waals surface area contributed by atoms with E-state index in [1.54, 1.807) is 14.2 Å². The van der Waals surface area contributed by atoms with Gasteiger partial charge in [0.15, 0.2) is 6.79 Å². The Morgan fingerprint density at radius 3 is 2.62 bits per heavy atom. The van der Waals surface area contributed by atoms with Crippen LogP contribution in [-0.4, -0.2) is 21.0 Å². The first kappa shape index (κ1) is 10.6. The number of hydrogen-bond donors (Lipinski definition) is 0. The molecule has 0 heterocycles. The molecule has 0 N–H and O–H groups in total. The summed E-state index contributed by atoms with van der Waals surface area (Å²) in [4.78, 5) is 0. The van der Waals surface area contributed by atoms with Crippen molar-refractivity contribution in [1.82, 2.24) is 0 Å². The third-order valence-electron chi connectivity index (χ3n) is 1.47. The third-order valence-corrected chi connectivity index (χ3v) is 2.31. The fourth-order valence-corrected chi connectivity index (χ4v) is 1.49. The van der Waals surface area contributed by atoms with Crippen LogP contribution in [-0.2, 0) is 4.74 Å². The van der Waals surface area contributed by atoms with Crippen molar-refractivity contribution in [2.45, 2.75) is 0 Å². The first-order valence-electron chi connectivity index (χ1n) is 3.73. The molecule has 0 unspecified atom stereocenters. The molecule has 0 spiro atoms. The molecule has 0 aromatic heterocycles. The van der Waals surface area contributed by atoms with Crippen LogP contribution in [0.25, 0.3) is 0 Å². The van der Waals surface area contributed by atoms with Gasteiger partial charge < -0.3 is 14.2 Å². The van der Waals surface area contributed by atoms with Gasteiger partial charge in [0.1, 0.15) is 11.5 Å². The second-order valence-electron chi connectivity index (χ2n) is 2.35. The zero-order valence-electron chi connectivity index (χ0n) is 7.54. The molecule has 0 aliphatic heterocycles. The average molecular weight is 294 g/mol. The average Bonchev–Trinajstić information content (AvgIpc) is 2.16. The molecule has 0 atom stereocenters. The van der Waals surface area contributed by atoms with Crippen molar-refractivity contribution in [3.8, 4) is 11.5 Å². The highest BCUT2D eigenvalue weighted by molar-refractivity contribution is 14.1. The lowest BCUT2D eigenvalue weighted by Gasteiger charge is -2.07. The minimum absolute atomic E-state index is 0.266. The van der Waals surface area contributed by atoms with Crippen LogP contribution < -0.4 is 9.47 Å². The van der Waals surface area contributed by atoms with Gasteiger partial charge in [0.25, 0.3) is 0 Å². The summed E-state index contributed by atoms with van der Waals surface area (Å²) in [5, 5.41) is 0. The molecular formula is C9H11IO3. The molecule has 0 fully saturated rings. The first-order valence-corrected chi connectivity index (χ1v) is 4.81. The van der Waals surface area contributed by atoms with Crippen molar-refractivity contribution in [2.75, 3.05) is 21.0 Å². The molecule has 3 nitrogen and oxygen atoms in total. The Labute approximate surface area is 91.1 Å². The van der Waals surface area contributed by atoms with Crippen molar-refractivity contribution in [1.29, 1.82) is 0 Å². The van der Waals surface area contributed by atoms with Crippen molar-refractivity contribution in [2.24, 2.45) is 0 Å². The van der Waals surface area contributed by atoms with E-state index < -0.39 is 0 Å². The number of hydrogen-bond acceptors (Lipinski definition) is 3. The maximum absolute atomic E-state index is 5.30. The summed E-state index contributed by atoms with van der Waals surface area (Å²) < 4.78 is 16.2. The van der Waals surface area contributed by atoms with Crippen LogP contribution in [0, 0.1) is 3.57 Å². The molecule has 0 aliphatic rings. The number of methoxy groups -OCH3 is 2. The Morgan fingerprint density at radius 2 is 2.08 bits per heavy atom. The van der Waals surface area contributed by atoms with E-state index >= 15 is 0 Å². The van der Waals surface area contributed by atoms with Crippen LogP contribution in [0.4, 0.5) is 0 Å². The van der Waals surface area contributed by atoms with E-state index in [9.17, 15) is 0 Å². The lowest BCUT2D eigenvalue weighted by Crippen LogP contribution is -2.00. The van der Waals surface area contributed by atoms with Gasteiger partial charge >= 0.3 is 0 Å². The first-order chi connectivity index (χ1) is 6.27. The van der Waals surface area contributed by atoms with Crippen LogP contribution in [0.3, 0.4) is 0 Å². The SMILES string of the molecule is COCOc1ccc(OC)cc1I. The molecule has 0 bridgehead atoms. The topological polar surface area (TPSA) is 27.7 Å². The number of benzene rings is 1. The summed E-state index contributed by atoms with van der Waals surface area (Å²) in [7, 11) is 3.23. The highest BCUT2D eigenvalue weighted by atomic mass is 127. The summed E-state index contributed by atoms with van der Waals surface area (Å²) in [6.45, 7) is 0.266. The van der Waals surface area contributed by atoms with Crippen molar-refractivity contribution >= 4 is 22.6 Å². The maximum Gasteiger partial charge on any atom is 0.188 e. The highest BCUT2D eigenvalue weighted by Crippen LogP contribution is 2.25. The zero-order chi connectivity index (χ0) is 9.68. The van der Waals surface area contributed by atoms with Crippen molar-refractivity contribution in [3.05, 3.63) is 21.8 Å². The Bertz CT molecular complexity index is 276. The maximum atomic E-state index is 5.30. The largest absolute Gasteiger partial charge is 0.497 e. The van der Waals surface area contributed by atoms with E-state index in [0.29, 0.717) is 0 Å². The number of halogens is 1. The number of rotatable bonds is 4. The van der Waals surface area contributed by atoms with Gasteiger partial charge in [0.05, 0.1) is 10.7 Å². The van der Waals surface area contributed by atoms with E-state index in [1.807, 2.05) is 18.2 Å². The van der Waals surface area contributed by atoms with Gasteiger partial charge in [-0.1, -0.05) is 0 Å². The van der Waals surface area contributed by atoms with Gasteiger partial charge in [0.2, 0.25) is 0 Å². The van der Waals surface area contributed by atoms with E-state index in [2.05, 4.69) is 22.6 Å². The molecule has 4 heteroatoms. The second kappa shape index (κ2) is 5.29. The van der Waals surface area contributed by atoms with Gasteiger partial charge in [0, 0.05) is 7.11 Å². The normalized spacial score (nSPS) is 9.77. The fraction of sp³-hybridized carbons (Fsp3) is 0.333. The summed E-state index contributed by atoms with van der Waals surface area (Å²) in [6, 6.07) is 5.62. The summed E-state index contributed by atoms with van der Waals surface area (Å²) in [5.41, 5.74) is 0. The van der Waals surface area contributed by atoms with Gasteiger partial charge in [-0.3, -0.25) is 0 Å². The standard InChI is InChI=1S/C9H11IO3/c1-11-6-13-9-4-3-7(12-2)5-8(9)10/h3-5H,6H2,1-2H3. The second-order valence-corrected chi connectivity index (χ2v) is 3.51. The zero-order valence-corrected chi connectivity index (χ0v) is 9.70. The lowest BCUT2D eigenvalue weighted by atomic mass is 10.3. The molecule has 0 aliphatic carbocycles. The smallest absolute Gasteiger partial charge is 0.188 e. The molecular weight excluding hydrogens is 283 g/mol. The van der Waals surface area contributed by atoms with E-state index in [0.717, 1.165) is 15.1 Å². The van der Waals surface area contributed by atoms with Crippen LogP contribution in [0.2, 0.25) is 0 Å². The molecule has 1 rings (SSSR count). The van der Waals surface area contributed by atoms with Gasteiger partial charge in [-0.25, -0.2) is 0 Å². The lowest BCUT2D eigenvalue weighted by molar-refractivity contribution is 0.0504. The predicted octanol–water partition coefficient (Wildman–Crippen LogP) is 2.28. The molecule has 1 aromatic carbocycles. The van der Waals surface area contributed by atoms with E-state index in [1.165, 1.54) is 0 Å². The summed E-state index contributed by atoms with van der Waals surface area (Å²) >= 11 is 2.19. The number of ether oxygens (including phenoxy) is 3.